The van der Waals surface area contributed by atoms with E-state index in [1.807, 2.05) is 58.0 Å². The first-order valence-corrected chi connectivity index (χ1v) is 11.7. The molecule has 1 saturated heterocycles. The zero-order valence-electron chi connectivity index (χ0n) is 18.7. The zero-order chi connectivity index (χ0) is 22.5. The molecule has 1 aliphatic heterocycles. The molecule has 1 aliphatic rings. The van der Waals surface area contributed by atoms with Gasteiger partial charge in [-0.2, -0.15) is 0 Å². The number of carbonyl (C=O) groups is 1. The molecule has 1 aromatic heterocycles. The van der Waals surface area contributed by atoms with Crippen molar-refractivity contribution >= 4 is 17.7 Å². The van der Waals surface area contributed by atoms with Gasteiger partial charge in [-0.05, 0) is 43.0 Å². The molecule has 7 nitrogen and oxygen atoms in total. The predicted molar refractivity (Wildman–Crippen MR) is 126 cm³/mol. The van der Waals surface area contributed by atoms with E-state index in [0.717, 1.165) is 37.2 Å². The number of nitrogens with zero attached hydrogens (tertiary/aromatic N) is 4. The van der Waals surface area contributed by atoms with Crippen molar-refractivity contribution in [3.63, 3.8) is 0 Å². The van der Waals surface area contributed by atoms with Crippen LogP contribution >= 0.6 is 11.8 Å². The van der Waals surface area contributed by atoms with Crippen LogP contribution in [0.3, 0.4) is 0 Å². The minimum Gasteiger partial charge on any atom is -0.497 e. The summed E-state index contributed by atoms with van der Waals surface area (Å²) >= 11 is 1.42. The first-order chi connectivity index (χ1) is 15.6. The maximum Gasteiger partial charge on any atom is 0.233 e. The number of hydrogen-bond acceptors (Lipinski definition) is 6. The summed E-state index contributed by atoms with van der Waals surface area (Å²) in [6.07, 6.45) is 2.14. The summed E-state index contributed by atoms with van der Waals surface area (Å²) < 4.78 is 12.8. The molecule has 1 amide bonds. The third-order valence-corrected chi connectivity index (χ3v) is 6.63. The molecule has 0 atom stereocenters. The van der Waals surface area contributed by atoms with Crippen LogP contribution in [0.4, 0.5) is 0 Å². The molecule has 0 unspecified atom stereocenters. The van der Waals surface area contributed by atoms with Crippen LogP contribution in [0.2, 0.25) is 0 Å². The fraction of sp³-hybridized carbons (Fsp3) is 0.375. The van der Waals surface area contributed by atoms with Crippen LogP contribution < -0.4 is 9.47 Å². The number of aromatic nitrogens is 3. The Labute approximate surface area is 192 Å². The summed E-state index contributed by atoms with van der Waals surface area (Å²) in [6, 6.07) is 15.5. The molecule has 3 aromatic rings. The predicted octanol–water partition coefficient (Wildman–Crippen LogP) is 4.30. The van der Waals surface area contributed by atoms with E-state index in [0.29, 0.717) is 34.2 Å². The maximum absolute atomic E-state index is 12.8. The number of methoxy groups -OCH3 is 2. The van der Waals surface area contributed by atoms with Gasteiger partial charge in [0.2, 0.25) is 5.91 Å². The molecule has 0 radical (unpaired) electrons. The number of ether oxygens (including phenoxy) is 2. The number of amides is 1. The Hall–Kier alpha value is -3.00. The van der Waals surface area contributed by atoms with Crippen molar-refractivity contribution in [2.24, 2.45) is 5.92 Å². The lowest BCUT2D eigenvalue weighted by Crippen LogP contribution is -2.38. The van der Waals surface area contributed by atoms with Gasteiger partial charge in [-0.1, -0.05) is 36.9 Å². The average molecular weight is 453 g/mol. The van der Waals surface area contributed by atoms with Crippen molar-refractivity contribution in [2.45, 2.75) is 24.9 Å². The van der Waals surface area contributed by atoms with Crippen LogP contribution in [0.25, 0.3) is 17.1 Å². The molecular formula is C24H28N4O3S. The Morgan fingerprint density at radius 1 is 1.03 bits per heavy atom. The topological polar surface area (TPSA) is 69.5 Å². The van der Waals surface area contributed by atoms with Crippen LogP contribution in [-0.2, 0) is 4.79 Å². The average Bonchev–Trinajstić information content (AvgIpc) is 3.27. The highest BCUT2D eigenvalue weighted by Crippen LogP contribution is 2.33. The number of likely N-dealkylation sites (tertiary alicyclic amines) is 1. The Morgan fingerprint density at radius 2 is 1.69 bits per heavy atom. The van der Waals surface area contributed by atoms with Gasteiger partial charge in [0.15, 0.2) is 11.0 Å². The maximum atomic E-state index is 12.8. The molecule has 2 aromatic carbocycles. The molecule has 2 heterocycles. The minimum absolute atomic E-state index is 0.147. The van der Waals surface area contributed by atoms with E-state index >= 15 is 0 Å². The van der Waals surface area contributed by atoms with Crippen molar-refractivity contribution in [3.05, 3.63) is 48.5 Å². The SMILES string of the molecule is COc1cc(OC)cc(-c2nnc(SCC(=O)N3CCC(C)CC3)n2-c2ccccc2)c1. The quantitative estimate of drug-likeness (QED) is 0.498. The van der Waals surface area contributed by atoms with E-state index in [1.54, 1.807) is 14.2 Å². The third-order valence-electron chi connectivity index (χ3n) is 5.72. The Morgan fingerprint density at radius 3 is 2.31 bits per heavy atom. The van der Waals surface area contributed by atoms with Gasteiger partial charge in [-0.3, -0.25) is 9.36 Å². The summed E-state index contributed by atoms with van der Waals surface area (Å²) in [7, 11) is 3.24. The first-order valence-electron chi connectivity index (χ1n) is 10.7. The summed E-state index contributed by atoms with van der Waals surface area (Å²) in [5.74, 6) is 3.18. The molecule has 32 heavy (non-hydrogen) atoms. The van der Waals surface area contributed by atoms with Gasteiger partial charge in [-0.25, -0.2) is 0 Å². The van der Waals surface area contributed by atoms with Crippen molar-refractivity contribution in [2.75, 3.05) is 33.1 Å². The van der Waals surface area contributed by atoms with Gasteiger partial charge >= 0.3 is 0 Å². The van der Waals surface area contributed by atoms with Crippen molar-refractivity contribution in [3.8, 4) is 28.6 Å². The number of thioether (sulfide) groups is 1. The second-order valence-electron chi connectivity index (χ2n) is 7.93. The highest BCUT2D eigenvalue weighted by Gasteiger charge is 2.23. The van der Waals surface area contributed by atoms with Crippen LogP contribution in [0.15, 0.2) is 53.7 Å². The van der Waals surface area contributed by atoms with Gasteiger partial charge in [0, 0.05) is 30.4 Å². The van der Waals surface area contributed by atoms with Crippen LogP contribution in [0.1, 0.15) is 19.8 Å². The van der Waals surface area contributed by atoms with Crippen molar-refractivity contribution in [1.82, 2.24) is 19.7 Å². The summed E-state index contributed by atoms with van der Waals surface area (Å²) in [4.78, 5) is 14.7. The van der Waals surface area contributed by atoms with Gasteiger partial charge in [0.1, 0.15) is 11.5 Å². The molecule has 8 heteroatoms. The number of rotatable bonds is 7. The standard InChI is InChI=1S/C24H28N4O3S/c1-17-9-11-27(12-10-17)22(29)16-32-24-26-25-23(28(24)19-7-5-4-6-8-19)18-13-20(30-2)15-21(14-18)31-3/h4-8,13-15,17H,9-12,16H2,1-3H3. The highest BCUT2D eigenvalue weighted by atomic mass is 32.2. The second kappa shape index (κ2) is 10.1. The Bertz CT molecular complexity index is 1040. The highest BCUT2D eigenvalue weighted by molar-refractivity contribution is 7.99. The van der Waals surface area contributed by atoms with Crippen molar-refractivity contribution in [1.29, 1.82) is 0 Å². The molecule has 168 valence electrons. The fourth-order valence-corrected chi connectivity index (χ4v) is 4.63. The largest absolute Gasteiger partial charge is 0.497 e. The monoisotopic (exact) mass is 452 g/mol. The van der Waals surface area contributed by atoms with E-state index in [1.165, 1.54) is 11.8 Å². The lowest BCUT2D eigenvalue weighted by molar-refractivity contribution is -0.129. The van der Waals surface area contributed by atoms with Crippen LogP contribution in [0.5, 0.6) is 11.5 Å². The van der Waals surface area contributed by atoms with E-state index in [-0.39, 0.29) is 5.91 Å². The van der Waals surface area contributed by atoms with Gasteiger partial charge in [0.25, 0.3) is 0 Å². The fourth-order valence-electron chi connectivity index (χ4n) is 3.77. The van der Waals surface area contributed by atoms with Gasteiger partial charge < -0.3 is 14.4 Å². The number of piperidine rings is 1. The molecule has 0 spiro atoms. The molecule has 4 rings (SSSR count). The smallest absolute Gasteiger partial charge is 0.233 e. The summed E-state index contributed by atoms with van der Waals surface area (Å²) in [6.45, 7) is 3.91. The molecule has 1 fully saturated rings. The Kier molecular flexibility index (Phi) is 6.99. The van der Waals surface area contributed by atoms with E-state index in [4.69, 9.17) is 9.47 Å². The van der Waals surface area contributed by atoms with E-state index in [2.05, 4.69) is 17.1 Å². The number of para-hydroxylation sites is 1. The normalized spacial score (nSPS) is 14.4. The Balaban J connectivity index is 1.64. The number of benzene rings is 2. The minimum atomic E-state index is 0.147. The lowest BCUT2D eigenvalue weighted by Gasteiger charge is -2.30. The molecule has 0 saturated carbocycles. The summed E-state index contributed by atoms with van der Waals surface area (Å²) in [5.41, 5.74) is 1.75. The third kappa shape index (κ3) is 4.91. The van der Waals surface area contributed by atoms with Crippen LogP contribution in [-0.4, -0.2) is 58.6 Å². The number of hydrogen-bond donors (Lipinski definition) is 0. The molecule has 0 N–H and O–H groups in total. The summed E-state index contributed by atoms with van der Waals surface area (Å²) in [5, 5.41) is 9.58. The molecular weight excluding hydrogens is 424 g/mol. The molecule has 0 bridgehead atoms. The van der Waals surface area contributed by atoms with Crippen LogP contribution in [0, 0.1) is 5.92 Å². The van der Waals surface area contributed by atoms with E-state index < -0.39 is 0 Å². The zero-order valence-corrected chi connectivity index (χ0v) is 19.5. The second-order valence-corrected chi connectivity index (χ2v) is 8.87. The lowest BCUT2D eigenvalue weighted by atomic mass is 9.99. The molecule has 0 aliphatic carbocycles. The van der Waals surface area contributed by atoms with E-state index in [9.17, 15) is 4.79 Å². The number of carbonyl (C=O) groups excluding carboxylic acids is 1. The van der Waals surface area contributed by atoms with Crippen molar-refractivity contribution < 1.29 is 14.3 Å². The van der Waals surface area contributed by atoms with Gasteiger partial charge in [0.05, 0.1) is 20.0 Å². The first kappa shape index (κ1) is 22.2. The van der Waals surface area contributed by atoms with Gasteiger partial charge in [-0.15, -0.1) is 10.2 Å².